The Hall–Kier alpha value is -1.24. The lowest BCUT2D eigenvalue weighted by Gasteiger charge is -2.13. The van der Waals surface area contributed by atoms with Crippen molar-refractivity contribution in [2.45, 2.75) is 18.7 Å². The number of hydrogen-bond donors (Lipinski definition) is 2. The zero-order chi connectivity index (χ0) is 15.8. The first kappa shape index (κ1) is 16.1. The summed E-state index contributed by atoms with van der Waals surface area (Å²) in [4.78, 5) is -0.0501. The molecular weight excluding hydrogens is 378 g/mol. The molecule has 2 N–H and O–H groups in total. The Labute approximate surface area is 136 Å². The quantitative estimate of drug-likeness (QED) is 0.771. The highest BCUT2D eigenvalue weighted by atomic mass is 79.9. The molecule has 2 rings (SSSR count). The van der Waals surface area contributed by atoms with E-state index in [0.717, 1.165) is 5.56 Å². The maximum atomic E-state index is 12.4. The second-order valence-electron chi connectivity index (χ2n) is 4.66. The molecule has 0 saturated heterocycles. The van der Waals surface area contributed by atoms with E-state index in [1.165, 1.54) is 12.1 Å². The normalized spacial score (nSPS) is 11.4. The number of halogens is 2. The van der Waals surface area contributed by atoms with Crippen molar-refractivity contribution in [1.29, 1.82) is 0 Å². The van der Waals surface area contributed by atoms with Crippen LogP contribution in [0.2, 0.25) is 5.02 Å². The molecule has 0 amide bonds. The number of phenols is 1. The van der Waals surface area contributed by atoms with Crippen molar-refractivity contribution in [3.8, 4) is 5.75 Å². The van der Waals surface area contributed by atoms with Crippen LogP contribution in [0, 0.1) is 13.8 Å². The molecule has 0 aliphatic heterocycles. The fourth-order valence-electron chi connectivity index (χ4n) is 1.93. The van der Waals surface area contributed by atoms with Crippen molar-refractivity contribution in [2.24, 2.45) is 0 Å². The molecule has 21 heavy (non-hydrogen) atoms. The second kappa shape index (κ2) is 5.87. The van der Waals surface area contributed by atoms with Gasteiger partial charge in [0.15, 0.2) is 0 Å². The molecule has 4 nitrogen and oxygen atoms in total. The Morgan fingerprint density at radius 3 is 2.48 bits per heavy atom. The first-order valence-electron chi connectivity index (χ1n) is 5.99. The van der Waals surface area contributed by atoms with Gasteiger partial charge in [0.2, 0.25) is 0 Å². The second-order valence-corrected chi connectivity index (χ2v) is 7.63. The lowest BCUT2D eigenvalue weighted by Crippen LogP contribution is -2.14. The van der Waals surface area contributed by atoms with Crippen LogP contribution in [0.5, 0.6) is 5.75 Å². The van der Waals surface area contributed by atoms with Crippen molar-refractivity contribution in [3.05, 3.63) is 51.0 Å². The topological polar surface area (TPSA) is 66.4 Å². The number of nitrogens with one attached hydrogen (secondary N) is 1. The Kier molecular flexibility index (Phi) is 4.51. The highest BCUT2D eigenvalue weighted by Crippen LogP contribution is 2.32. The number of aromatic hydroxyl groups is 1. The van der Waals surface area contributed by atoms with Crippen LogP contribution in [0.4, 0.5) is 5.69 Å². The maximum Gasteiger partial charge on any atom is 0.263 e. The van der Waals surface area contributed by atoms with Gasteiger partial charge in [0.1, 0.15) is 10.6 Å². The number of aryl methyl sites for hydroxylation is 2. The van der Waals surface area contributed by atoms with Crippen molar-refractivity contribution < 1.29 is 13.5 Å². The molecule has 0 aliphatic rings. The van der Waals surface area contributed by atoms with Gasteiger partial charge in [-0.3, -0.25) is 4.72 Å². The Morgan fingerprint density at radius 2 is 1.86 bits per heavy atom. The smallest absolute Gasteiger partial charge is 0.263 e. The SMILES string of the molecule is Cc1cc(C)c(O)c(NS(=O)(=O)c2ccc(Br)cc2Cl)c1. The van der Waals surface area contributed by atoms with Crippen LogP contribution in [0.3, 0.4) is 0 Å². The molecule has 7 heteroatoms. The third-order valence-electron chi connectivity index (χ3n) is 2.87. The maximum absolute atomic E-state index is 12.4. The fourth-order valence-corrected chi connectivity index (χ4v) is 4.03. The lowest BCUT2D eigenvalue weighted by molar-refractivity contribution is 0.473. The summed E-state index contributed by atoms with van der Waals surface area (Å²) in [6, 6.07) is 7.81. The molecule has 0 aliphatic carbocycles. The Bertz CT molecular complexity index is 806. The van der Waals surface area contributed by atoms with E-state index in [2.05, 4.69) is 20.7 Å². The van der Waals surface area contributed by atoms with Crippen LogP contribution in [0.15, 0.2) is 39.7 Å². The minimum Gasteiger partial charge on any atom is -0.505 e. The van der Waals surface area contributed by atoms with E-state index in [0.29, 0.717) is 10.0 Å². The van der Waals surface area contributed by atoms with Gasteiger partial charge in [-0.15, -0.1) is 0 Å². The summed E-state index contributed by atoms with van der Waals surface area (Å²) in [6.07, 6.45) is 0. The molecule has 2 aromatic carbocycles. The van der Waals surface area contributed by atoms with Gasteiger partial charge >= 0.3 is 0 Å². The summed E-state index contributed by atoms with van der Waals surface area (Å²) in [5.41, 5.74) is 1.56. The minimum atomic E-state index is -3.88. The highest BCUT2D eigenvalue weighted by molar-refractivity contribution is 9.10. The third-order valence-corrected chi connectivity index (χ3v) is 5.21. The average molecular weight is 391 g/mol. The van der Waals surface area contributed by atoms with E-state index in [1.807, 2.05) is 6.92 Å². The van der Waals surface area contributed by atoms with Gasteiger partial charge in [-0.1, -0.05) is 33.6 Å². The largest absolute Gasteiger partial charge is 0.505 e. The molecule has 0 fully saturated rings. The minimum absolute atomic E-state index is 0.0501. The summed E-state index contributed by atoms with van der Waals surface area (Å²) in [7, 11) is -3.88. The van der Waals surface area contributed by atoms with Crippen LogP contribution < -0.4 is 4.72 Å². The number of sulfonamides is 1. The summed E-state index contributed by atoms with van der Waals surface area (Å²) in [5.74, 6) is -0.0996. The summed E-state index contributed by atoms with van der Waals surface area (Å²) < 4.78 is 27.8. The fraction of sp³-hybridized carbons (Fsp3) is 0.143. The van der Waals surface area contributed by atoms with Gasteiger partial charge in [-0.2, -0.15) is 0 Å². The van der Waals surface area contributed by atoms with Crippen molar-refractivity contribution in [2.75, 3.05) is 4.72 Å². The van der Waals surface area contributed by atoms with Gasteiger partial charge in [0.25, 0.3) is 10.0 Å². The van der Waals surface area contributed by atoms with Gasteiger partial charge in [0.05, 0.1) is 10.7 Å². The Balaban J connectivity index is 2.47. The molecule has 0 unspecified atom stereocenters. The zero-order valence-corrected chi connectivity index (χ0v) is 14.5. The molecular formula is C14H13BrClNO3S. The lowest BCUT2D eigenvalue weighted by atomic mass is 10.1. The molecule has 0 aromatic heterocycles. The molecule has 0 spiro atoms. The first-order valence-corrected chi connectivity index (χ1v) is 8.64. The summed E-state index contributed by atoms with van der Waals surface area (Å²) >= 11 is 9.19. The van der Waals surface area contributed by atoms with Crippen LogP contribution >= 0.6 is 27.5 Å². The van der Waals surface area contributed by atoms with E-state index in [1.54, 1.807) is 25.1 Å². The number of anilines is 1. The number of benzene rings is 2. The van der Waals surface area contributed by atoms with E-state index in [4.69, 9.17) is 11.6 Å². The van der Waals surface area contributed by atoms with Crippen LogP contribution in [-0.4, -0.2) is 13.5 Å². The monoisotopic (exact) mass is 389 g/mol. The molecule has 0 saturated carbocycles. The Morgan fingerprint density at radius 1 is 1.19 bits per heavy atom. The van der Waals surface area contributed by atoms with E-state index < -0.39 is 10.0 Å². The van der Waals surface area contributed by atoms with Crippen LogP contribution in [-0.2, 0) is 10.0 Å². The van der Waals surface area contributed by atoms with Crippen LogP contribution in [0.1, 0.15) is 11.1 Å². The predicted molar refractivity (Wildman–Crippen MR) is 87.5 cm³/mol. The molecule has 2 aromatic rings. The van der Waals surface area contributed by atoms with Gasteiger partial charge in [-0.05, 0) is 49.2 Å². The molecule has 0 radical (unpaired) electrons. The van der Waals surface area contributed by atoms with E-state index >= 15 is 0 Å². The van der Waals surface area contributed by atoms with Crippen LogP contribution in [0.25, 0.3) is 0 Å². The zero-order valence-electron chi connectivity index (χ0n) is 11.3. The molecule has 0 heterocycles. The van der Waals surface area contributed by atoms with Gasteiger partial charge < -0.3 is 5.11 Å². The first-order chi connectivity index (χ1) is 9.70. The average Bonchev–Trinajstić information content (AvgIpc) is 2.34. The summed E-state index contributed by atoms with van der Waals surface area (Å²) in [5, 5.41) is 10.1. The van der Waals surface area contributed by atoms with Gasteiger partial charge in [-0.25, -0.2) is 8.42 Å². The van der Waals surface area contributed by atoms with Crippen molar-refractivity contribution >= 4 is 43.2 Å². The number of rotatable bonds is 3. The predicted octanol–water partition coefficient (Wildman–Crippen LogP) is 4.23. The third kappa shape index (κ3) is 3.51. The van der Waals surface area contributed by atoms with Crippen molar-refractivity contribution in [3.63, 3.8) is 0 Å². The van der Waals surface area contributed by atoms with E-state index in [-0.39, 0.29) is 21.4 Å². The number of hydrogen-bond acceptors (Lipinski definition) is 3. The van der Waals surface area contributed by atoms with Crippen molar-refractivity contribution in [1.82, 2.24) is 0 Å². The molecule has 0 atom stereocenters. The van der Waals surface area contributed by atoms with E-state index in [9.17, 15) is 13.5 Å². The highest BCUT2D eigenvalue weighted by Gasteiger charge is 2.20. The molecule has 112 valence electrons. The summed E-state index contributed by atoms with van der Waals surface area (Å²) in [6.45, 7) is 3.52. The number of phenolic OH excluding ortho intramolecular Hbond substituents is 1. The van der Waals surface area contributed by atoms with Gasteiger partial charge in [0, 0.05) is 4.47 Å². The molecule has 0 bridgehead atoms. The standard InChI is InChI=1S/C14H13BrClNO3S/c1-8-5-9(2)14(18)12(6-8)17-21(19,20)13-4-3-10(15)7-11(13)16/h3-7,17-18H,1-2H3.